The first-order valence-corrected chi connectivity index (χ1v) is 6.31. The summed E-state index contributed by atoms with van der Waals surface area (Å²) in [5.74, 6) is 0. The number of halogens is 3. The van der Waals surface area contributed by atoms with Crippen LogP contribution in [0.15, 0.2) is 0 Å². The molecule has 2 nitrogen and oxygen atoms in total. The Balaban J connectivity index is 3.28. The van der Waals surface area contributed by atoms with E-state index in [4.69, 9.17) is 0 Å². The van der Waals surface area contributed by atoms with Gasteiger partial charge in [-0.3, -0.25) is 0 Å². The van der Waals surface area contributed by atoms with E-state index in [1.54, 1.807) is 0 Å². The normalized spacial score (nSPS) is 13.9. The first-order valence-electron chi connectivity index (χ1n) is 6.31. The van der Waals surface area contributed by atoms with Crippen LogP contribution in [0.3, 0.4) is 0 Å². The predicted molar refractivity (Wildman–Crippen MR) is 63.1 cm³/mol. The van der Waals surface area contributed by atoms with Crippen molar-refractivity contribution >= 4 is 0 Å². The molecule has 0 aliphatic carbocycles. The van der Waals surface area contributed by atoms with Gasteiger partial charge in [0.15, 0.2) is 0 Å². The van der Waals surface area contributed by atoms with Crippen LogP contribution < -0.4 is 5.32 Å². The Labute approximate surface area is 102 Å². The summed E-state index contributed by atoms with van der Waals surface area (Å²) >= 11 is 0. The standard InChI is InChI=1S/C12H24F3NO/c1-3-7-11(16-2)8-5-4-6-9-17-10-12(13,14)15/h11,16H,3-10H2,1-2H3. The van der Waals surface area contributed by atoms with Crippen molar-refractivity contribution in [3.63, 3.8) is 0 Å². The molecule has 5 heteroatoms. The van der Waals surface area contributed by atoms with Crippen LogP contribution in [0.25, 0.3) is 0 Å². The molecule has 0 aliphatic rings. The van der Waals surface area contributed by atoms with Gasteiger partial charge in [0.1, 0.15) is 6.61 Å². The average molecular weight is 255 g/mol. The maximum Gasteiger partial charge on any atom is 0.411 e. The highest BCUT2D eigenvalue weighted by molar-refractivity contribution is 4.63. The van der Waals surface area contributed by atoms with Gasteiger partial charge >= 0.3 is 6.18 Å². The Morgan fingerprint density at radius 3 is 2.35 bits per heavy atom. The Bertz CT molecular complexity index is 174. The zero-order chi connectivity index (χ0) is 13.1. The van der Waals surface area contributed by atoms with Crippen LogP contribution in [0.5, 0.6) is 0 Å². The molecule has 0 fully saturated rings. The van der Waals surface area contributed by atoms with E-state index in [0.717, 1.165) is 32.1 Å². The van der Waals surface area contributed by atoms with E-state index in [0.29, 0.717) is 12.5 Å². The van der Waals surface area contributed by atoms with Crippen LogP contribution in [-0.2, 0) is 4.74 Å². The summed E-state index contributed by atoms with van der Waals surface area (Å²) in [6.07, 6.45) is 1.88. The van der Waals surface area contributed by atoms with Crippen molar-refractivity contribution in [3.05, 3.63) is 0 Å². The van der Waals surface area contributed by atoms with Gasteiger partial charge in [-0.15, -0.1) is 0 Å². The van der Waals surface area contributed by atoms with E-state index in [1.165, 1.54) is 0 Å². The highest BCUT2D eigenvalue weighted by Crippen LogP contribution is 2.15. The molecule has 0 radical (unpaired) electrons. The summed E-state index contributed by atoms with van der Waals surface area (Å²) < 4.78 is 39.7. The number of rotatable bonds is 10. The Kier molecular flexibility index (Phi) is 9.55. The smallest absolute Gasteiger partial charge is 0.372 e. The van der Waals surface area contributed by atoms with Gasteiger partial charge in [-0.2, -0.15) is 13.2 Å². The van der Waals surface area contributed by atoms with E-state index >= 15 is 0 Å². The van der Waals surface area contributed by atoms with Gasteiger partial charge in [0.2, 0.25) is 0 Å². The molecule has 0 amide bonds. The van der Waals surface area contributed by atoms with Gasteiger partial charge in [0.05, 0.1) is 0 Å². The largest absolute Gasteiger partial charge is 0.411 e. The molecule has 0 aromatic rings. The van der Waals surface area contributed by atoms with Gasteiger partial charge in [0, 0.05) is 12.6 Å². The molecular weight excluding hydrogens is 231 g/mol. The van der Waals surface area contributed by atoms with Crippen LogP contribution >= 0.6 is 0 Å². The molecule has 0 aromatic heterocycles. The minimum absolute atomic E-state index is 0.206. The predicted octanol–water partition coefficient (Wildman–Crippen LogP) is 3.51. The first kappa shape index (κ1) is 16.7. The van der Waals surface area contributed by atoms with Gasteiger partial charge in [-0.1, -0.05) is 26.2 Å². The number of ether oxygens (including phenoxy) is 1. The molecule has 104 valence electrons. The topological polar surface area (TPSA) is 21.3 Å². The fourth-order valence-corrected chi connectivity index (χ4v) is 1.74. The highest BCUT2D eigenvalue weighted by Gasteiger charge is 2.27. The third kappa shape index (κ3) is 12.0. The van der Waals surface area contributed by atoms with E-state index in [1.807, 2.05) is 7.05 Å². The maximum atomic E-state index is 11.7. The molecule has 1 unspecified atom stereocenters. The lowest BCUT2D eigenvalue weighted by Crippen LogP contribution is -2.24. The lowest BCUT2D eigenvalue weighted by molar-refractivity contribution is -0.174. The van der Waals surface area contributed by atoms with Crippen molar-refractivity contribution in [2.24, 2.45) is 0 Å². The number of hydrogen-bond acceptors (Lipinski definition) is 2. The quantitative estimate of drug-likeness (QED) is 0.603. The molecule has 0 rings (SSSR count). The molecule has 0 heterocycles. The van der Waals surface area contributed by atoms with Crippen molar-refractivity contribution in [1.82, 2.24) is 5.32 Å². The zero-order valence-corrected chi connectivity index (χ0v) is 10.8. The fourth-order valence-electron chi connectivity index (χ4n) is 1.74. The second-order valence-electron chi connectivity index (χ2n) is 4.29. The van der Waals surface area contributed by atoms with Gasteiger partial charge in [0.25, 0.3) is 0 Å². The molecule has 1 atom stereocenters. The van der Waals surface area contributed by atoms with Gasteiger partial charge < -0.3 is 10.1 Å². The summed E-state index contributed by atoms with van der Waals surface area (Å²) in [5, 5.41) is 3.24. The molecule has 1 N–H and O–H groups in total. The number of nitrogens with one attached hydrogen (secondary N) is 1. The summed E-state index contributed by atoms with van der Waals surface area (Å²) in [6, 6.07) is 0.538. The second kappa shape index (κ2) is 9.71. The molecular formula is C12H24F3NO. The van der Waals surface area contributed by atoms with E-state index in [9.17, 15) is 13.2 Å². The van der Waals surface area contributed by atoms with Crippen molar-refractivity contribution in [2.75, 3.05) is 20.3 Å². The number of alkyl halides is 3. The molecule has 0 spiro atoms. The molecule has 0 aromatic carbocycles. The maximum absolute atomic E-state index is 11.7. The van der Waals surface area contributed by atoms with Crippen molar-refractivity contribution in [1.29, 1.82) is 0 Å². The third-order valence-electron chi connectivity index (χ3n) is 2.65. The van der Waals surface area contributed by atoms with E-state index in [2.05, 4.69) is 17.0 Å². The van der Waals surface area contributed by atoms with E-state index in [-0.39, 0.29) is 6.61 Å². The Morgan fingerprint density at radius 2 is 1.82 bits per heavy atom. The number of unbranched alkanes of at least 4 members (excludes halogenated alkanes) is 2. The van der Waals surface area contributed by atoms with Crippen LogP contribution in [0.1, 0.15) is 45.4 Å². The summed E-state index contributed by atoms with van der Waals surface area (Å²) in [4.78, 5) is 0. The molecule has 0 saturated heterocycles. The van der Waals surface area contributed by atoms with Crippen LogP contribution in [0.4, 0.5) is 13.2 Å². The molecule has 0 saturated carbocycles. The van der Waals surface area contributed by atoms with Crippen molar-refractivity contribution < 1.29 is 17.9 Å². The third-order valence-corrected chi connectivity index (χ3v) is 2.65. The number of hydrogen-bond donors (Lipinski definition) is 1. The summed E-state index contributed by atoms with van der Waals surface area (Å²) in [6.45, 7) is 1.23. The first-order chi connectivity index (χ1) is 7.99. The fraction of sp³-hybridized carbons (Fsp3) is 1.00. The van der Waals surface area contributed by atoms with Crippen molar-refractivity contribution in [2.45, 2.75) is 57.7 Å². The van der Waals surface area contributed by atoms with Crippen LogP contribution in [0, 0.1) is 0 Å². The van der Waals surface area contributed by atoms with Crippen LogP contribution in [0.2, 0.25) is 0 Å². The molecule has 0 aliphatic heterocycles. The highest BCUT2D eigenvalue weighted by atomic mass is 19.4. The summed E-state index contributed by atoms with van der Waals surface area (Å²) in [5.41, 5.74) is 0. The monoisotopic (exact) mass is 255 g/mol. The van der Waals surface area contributed by atoms with Crippen LogP contribution in [-0.4, -0.2) is 32.5 Å². The zero-order valence-electron chi connectivity index (χ0n) is 10.8. The van der Waals surface area contributed by atoms with Crippen molar-refractivity contribution in [3.8, 4) is 0 Å². The molecule has 0 bridgehead atoms. The average Bonchev–Trinajstić information content (AvgIpc) is 2.24. The summed E-state index contributed by atoms with van der Waals surface area (Å²) in [7, 11) is 1.95. The SMILES string of the molecule is CCCC(CCCCCOCC(F)(F)F)NC. The second-order valence-corrected chi connectivity index (χ2v) is 4.29. The minimum Gasteiger partial charge on any atom is -0.372 e. The lowest BCUT2D eigenvalue weighted by atomic mass is 10.0. The van der Waals surface area contributed by atoms with E-state index < -0.39 is 12.8 Å². The minimum atomic E-state index is -4.20. The Hall–Kier alpha value is -0.290. The molecule has 17 heavy (non-hydrogen) atoms. The van der Waals surface area contributed by atoms with Gasteiger partial charge in [-0.25, -0.2) is 0 Å². The van der Waals surface area contributed by atoms with Gasteiger partial charge in [-0.05, 0) is 26.3 Å². The Morgan fingerprint density at radius 1 is 1.12 bits per heavy atom. The lowest BCUT2D eigenvalue weighted by Gasteiger charge is -2.14.